The van der Waals surface area contributed by atoms with E-state index in [0.29, 0.717) is 24.3 Å². The number of nitrogens with zero attached hydrogens (tertiary/aromatic N) is 5. The molecule has 0 fully saturated rings. The first kappa shape index (κ1) is 20.8. The van der Waals surface area contributed by atoms with Gasteiger partial charge in [-0.15, -0.1) is 0 Å². The summed E-state index contributed by atoms with van der Waals surface area (Å²) in [6.07, 6.45) is 0. The minimum absolute atomic E-state index is 0.323. The lowest BCUT2D eigenvalue weighted by atomic mass is 10.1. The van der Waals surface area contributed by atoms with Gasteiger partial charge >= 0.3 is 5.69 Å². The third-order valence-electron chi connectivity index (χ3n) is 5.72. The Morgan fingerprint density at radius 3 is 2.29 bits per heavy atom. The van der Waals surface area contributed by atoms with E-state index in [0.717, 1.165) is 28.1 Å². The van der Waals surface area contributed by atoms with Crippen molar-refractivity contribution in [3.8, 4) is 0 Å². The normalized spacial score (nSPS) is 11.5. The molecule has 0 amide bonds. The minimum atomic E-state index is -0.373. The minimum Gasteiger partial charge on any atom is -0.317 e. The molecule has 0 aliphatic rings. The second-order valence-electron chi connectivity index (χ2n) is 8.08. The van der Waals surface area contributed by atoms with Crippen LogP contribution in [0.3, 0.4) is 0 Å². The van der Waals surface area contributed by atoms with Crippen LogP contribution in [0.2, 0.25) is 0 Å². The van der Waals surface area contributed by atoms with Gasteiger partial charge in [-0.3, -0.25) is 18.8 Å². The summed E-state index contributed by atoms with van der Waals surface area (Å²) >= 11 is 0. The molecule has 0 unspecified atom stereocenters. The fourth-order valence-electron chi connectivity index (χ4n) is 3.93. The zero-order valence-corrected chi connectivity index (χ0v) is 18.4. The molecule has 4 rings (SSSR count). The highest BCUT2D eigenvalue weighted by Crippen LogP contribution is 2.18. The van der Waals surface area contributed by atoms with Gasteiger partial charge in [-0.2, -0.15) is 0 Å². The lowest BCUT2D eigenvalue weighted by molar-refractivity contribution is 0.306. The number of benzene rings is 2. The number of aryl methyl sites for hydroxylation is 2. The number of fused-ring (bicyclic) bond motifs is 1. The Labute approximate surface area is 180 Å². The predicted octanol–water partition coefficient (Wildman–Crippen LogP) is 2.42. The summed E-state index contributed by atoms with van der Waals surface area (Å²) in [5.41, 5.74) is 3.65. The number of imidazole rings is 1. The van der Waals surface area contributed by atoms with Crippen LogP contribution in [0, 0.1) is 6.92 Å². The third kappa shape index (κ3) is 3.96. The molecule has 7 heteroatoms. The molecule has 31 heavy (non-hydrogen) atoms. The van der Waals surface area contributed by atoms with Gasteiger partial charge in [0.2, 0.25) is 0 Å². The van der Waals surface area contributed by atoms with Gasteiger partial charge in [-0.1, -0.05) is 54.6 Å². The molecule has 0 bridgehead atoms. The van der Waals surface area contributed by atoms with Crippen molar-refractivity contribution < 1.29 is 0 Å². The molecule has 0 atom stereocenters. The van der Waals surface area contributed by atoms with Crippen molar-refractivity contribution in [2.75, 3.05) is 7.05 Å². The molecule has 4 aromatic rings. The Kier molecular flexibility index (Phi) is 5.61. The summed E-state index contributed by atoms with van der Waals surface area (Å²) in [6, 6.07) is 18.3. The highest BCUT2D eigenvalue weighted by molar-refractivity contribution is 5.71. The standard InChI is InChI=1S/C24H27N5O2/c1-17-10-8-9-13-19(17)15-29-20(16-26(2)14-18-11-6-5-7-12-18)25-22-21(29)23(30)28(4)24(31)27(22)3/h5-13H,14-16H2,1-4H3. The van der Waals surface area contributed by atoms with Gasteiger partial charge in [0.25, 0.3) is 5.56 Å². The molecule has 2 aromatic heterocycles. The molecule has 2 heterocycles. The maximum absolute atomic E-state index is 13.1. The summed E-state index contributed by atoms with van der Waals surface area (Å²) in [6.45, 7) is 3.88. The van der Waals surface area contributed by atoms with E-state index in [1.807, 2.05) is 41.9 Å². The highest BCUT2D eigenvalue weighted by Gasteiger charge is 2.20. The smallest absolute Gasteiger partial charge is 0.317 e. The first-order chi connectivity index (χ1) is 14.9. The Bertz CT molecular complexity index is 1350. The van der Waals surface area contributed by atoms with Gasteiger partial charge in [0.15, 0.2) is 11.2 Å². The van der Waals surface area contributed by atoms with Crippen molar-refractivity contribution in [2.24, 2.45) is 14.1 Å². The molecule has 2 aromatic carbocycles. The van der Waals surface area contributed by atoms with Crippen LogP contribution in [0.25, 0.3) is 11.2 Å². The quantitative estimate of drug-likeness (QED) is 0.483. The highest BCUT2D eigenvalue weighted by atomic mass is 16.2. The van der Waals surface area contributed by atoms with Crippen molar-refractivity contribution in [1.29, 1.82) is 0 Å². The van der Waals surface area contributed by atoms with E-state index in [1.165, 1.54) is 17.2 Å². The van der Waals surface area contributed by atoms with Gasteiger partial charge in [0.1, 0.15) is 5.82 Å². The topological polar surface area (TPSA) is 65.1 Å². The van der Waals surface area contributed by atoms with Crippen molar-refractivity contribution in [3.63, 3.8) is 0 Å². The molecule has 7 nitrogen and oxygen atoms in total. The maximum Gasteiger partial charge on any atom is 0.332 e. The first-order valence-electron chi connectivity index (χ1n) is 10.3. The van der Waals surface area contributed by atoms with Gasteiger partial charge in [0.05, 0.1) is 6.54 Å². The van der Waals surface area contributed by atoms with E-state index in [-0.39, 0.29) is 11.2 Å². The molecular formula is C24H27N5O2. The van der Waals surface area contributed by atoms with Crippen LogP contribution >= 0.6 is 0 Å². The molecule has 0 radical (unpaired) electrons. The molecule has 0 spiro atoms. The van der Waals surface area contributed by atoms with Gasteiger partial charge < -0.3 is 4.57 Å². The van der Waals surface area contributed by atoms with Crippen LogP contribution in [-0.4, -0.2) is 30.6 Å². The zero-order chi connectivity index (χ0) is 22.1. The Morgan fingerprint density at radius 2 is 1.58 bits per heavy atom. The molecule has 160 valence electrons. The van der Waals surface area contributed by atoms with Crippen LogP contribution in [0.5, 0.6) is 0 Å². The summed E-state index contributed by atoms with van der Waals surface area (Å²) < 4.78 is 4.56. The summed E-state index contributed by atoms with van der Waals surface area (Å²) in [4.78, 5) is 32.4. The predicted molar refractivity (Wildman–Crippen MR) is 122 cm³/mol. The lowest BCUT2D eigenvalue weighted by Gasteiger charge is -2.18. The van der Waals surface area contributed by atoms with E-state index in [9.17, 15) is 9.59 Å². The number of rotatable bonds is 6. The fourth-order valence-corrected chi connectivity index (χ4v) is 3.93. The fraction of sp³-hybridized carbons (Fsp3) is 0.292. The van der Waals surface area contributed by atoms with E-state index in [1.54, 1.807) is 7.05 Å². The van der Waals surface area contributed by atoms with Crippen molar-refractivity contribution >= 4 is 11.2 Å². The molecule has 0 N–H and O–H groups in total. The number of hydrogen-bond donors (Lipinski definition) is 0. The van der Waals surface area contributed by atoms with E-state index in [2.05, 4.69) is 36.1 Å². The van der Waals surface area contributed by atoms with Crippen molar-refractivity contribution in [3.05, 3.63) is 98.0 Å². The van der Waals surface area contributed by atoms with Gasteiger partial charge in [0, 0.05) is 27.2 Å². The average molecular weight is 418 g/mol. The SMILES string of the molecule is Cc1ccccc1Cn1c(CN(C)Cc2ccccc2)nc2c1c(=O)n(C)c(=O)n2C. The zero-order valence-electron chi connectivity index (χ0n) is 18.4. The van der Waals surface area contributed by atoms with Crippen LogP contribution in [0.4, 0.5) is 0 Å². The van der Waals surface area contributed by atoms with Crippen LogP contribution < -0.4 is 11.2 Å². The monoisotopic (exact) mass is 417 g/mol. The number of hydrogen-bond acceptors (Lipinski definition) is 4. The Hall–Kier alpha value is -3.45. The Morgan fingerprint density at radius 1 is 0.903 bits per heavy atom. The summed E-state index contributed by atoms with van der Waals surface area (Å²) in [7, 11) is 5.20. The maximum atomic E-state index is 13.1. The summed E-state index contributed by atoms with van der Waals surface area (Å²) in [5.74, 6) is 0.759. The third-order valence-corrected chi connectivity index (χ3v) is 5.72. The molecule has 0 aliphatic heterocycles. The van der Waals surface area contributed by atoms with Gasteiger partial charge in [-0.25, -0.2) is 9.78 Å². The first-order valence-corrected chi connectivity index (χ1v) is 10.3. The lowest BCUT2D eigenvalue weighted by Crippen LogP contribution is -2.37. The van der Waals surface area contributed by atoms with Crippen LogP contribution in [0.1, 0.15) is 22.5 Å². The molecule has 0 saturated carbocycles. The van der Waals surface area contributed by atoms with Crippen molar-refractivity contribution in [1.82, 2.24) is 23.6 Å². The number of aromatic nitrogens is 4. The van der Waals surface area contributed by atoms with E-state index >= 15 is 0 Å². The van der Waals surface area contributed by atoms with Crippen LogP contribution in [0.15, 0.2) is 64.2 Å². The van der Waals surface area contributed by atoms with Crippen LogP contribution in [-0.2, 0) is 33.7 Å². The Balaban J connectivity index is 1.82. The molecule has 0 saturated heterocycles. The van der Waals surface area contributed by atoms with E-state index in [4.69, 9.17) is 4.98 Å². The summed E-state index contributed by atoms with van der Waals surface area (Å²) in [5, 5.41) is 0. The van der Waals surface area contributed by atoms with Crippen molar-refractivity contribution in [2.45, 2.75) is 26.6 Å². The molecular weight excluding hydrogens is 390 g/mol. The van der Waals surface area contributed by atoms with E-state index < -0.39 is 0 Å². The molecule has 0 aliphatic carbocycles. The second kappa shape index (κ2) is 8.35. The second-order valence-corrected chi connectivity index (χ2v) is 8.08. The average Bonchev–Trinajstić information content (AvgIpc) is 3.11. The largest absolute Gasteiger partial charge is 0.332 e. The van der Waals surface area contributed by atoms with Gasteiger partial charge in [-0.05, 0) is 30.7 Å².